The maximum atomic E-state index is 12.7. The molecule has 0 saturated heterocycles. The topological polar surface area (TPSA) is 47.3 Å². The Balaban J connectivity index is 2.10. The third kappa shape index (κ3) is 1.51. The summed E-state index contributed by atoms with van der Waals surface area (Å²) in [7, 11) is 0. The minimum atomic E-state index is -0.459. The average molecular weight is 292 g/mol. The van der Waals surface area contributed by atoms with Gasteiger partial charge in [-0.15, -0.1) is 0 Å². The van der Waals surface area contributed by atoms with Crippen LogP contribution in [0, 0.1) is 6.92 Å². The lowest BCUT2D eigenvalue weighted by Crippen LogP contribution is -2.26. The van der Waals surface area contributed by atoms with Crippen molar-refractivity contribution in [3.63, 3.8) is 0 Å². The van der Waals surface area contributed by atoms with Gasteiger partial charge in [0.2, 0.25) is 11.6 Å². The zero-order valence-corrected chi connectivity index (χ0v) is 12.8. The summed E-state index contributed by atoms with van der Waals surface area (Å²) in [5.41, 5.74) is 4.29. The summed E-state index contributed by atoms with van der Waals surface area (Å²) in [5.74, 6) is -0.359. The highest BCUT2D eigenvalue weighted by Gasteiger charge is 2.38. The molecule has 0 bridgehead atoms. The molecule has 3 heteroatoms. The van der Waals surface area contributed by atoms with Crippen molar-refractivity contribution in [2.45, 2.75) is 32.6 Å². The second kappa shape index (κ2) is 4.07. The number of allylic oxidation sites excluding steroid dienone is 1. The summed E-state index contributed by atoms with van der Waals surface area (Å²) in [6.45, 7) is 6.10. The molecule has 0 amide bonds. The van der Waals surface area contributed by atoms with Crippen molar-refractivity contribution in [1.82, 2.24) is 0 Å². The summed E-state index contributed by atoms with van der Waals surface area (Å²) in [6, 6.07) is 3.98. The Kier molecular flexibility index (Phi) is 2.45. The van der Waals surface area contributed by atoms with Gasteiger partial charge in [0.15, 0.2) is 0 Å². The Morgan fingerprint density at radius 3 is 2.59 bits per heavy atom. The minimum Gasteiger partial charge on any atom is -0.463 e. The maximum absolute atomic E-state index is 12.7. The molecule has 0 spiro atoms. The third-order valence-electron chi connectivity index (χ3n) is 4.77. The Morgan fingerprint density at radius 2 is 1.82 bits per heavy atom. The van der Waals surface area contributed by atoms with Crippen LogP contribution in [-0.4, -0.2) is 11.6 Å². The van der Waals surface area contributed by atoms with E-state index in [0.29, 0.717) is 22.5 Å². The van der Waals surface area contributed by atoms with Crippen LogP contribution in [0.2, 0.25) is 0 Å². The highest BCUT2D eigenvalue weighted by Crippen LogP contribution is 2.43. The van der Waals surface area contributed by atoms with E-state index in [1.807, 2.05) is 12.1 Å². The van der Waals surface area contributed by atoms with Crippen LogP contribution in [0.3, 0.4) is 0 Å². The molecule has 22 heavy (non-hydrogen) atoms. The molecular weight excluding hydrogens is 276 g/mol. The third-order valence-corrected chi connectivity index (χ3v) is 4.77. The summed E-state index contributed by atoms with van der Waals surface area (Å²) in [4.78, 5) is 25.2. The summed E-state index contributed by atoms with van der Waals surface area (Å²) >= 11 is 0. The highest BCUT2D eigenvalue weighted by atomic mass is 16.3. The Hall–Kier alpha value is -2.42. The molecule has 0 saturated carbocycles. The van der Waals surface area contributed by atoms with E-state index in [1.54, 1.807) is 13.2 Å². The van der Waals surface area contributed by atoms with E-state index >= 15 is 0 Å². The number of ketones is 2. The summed E-state index contributed by atoms with van der Waals surface area (Å²) < 4.78 is 5.58. The van der Waals surface area contributed by atoms with Crippen molar-refractivity contribution < 1.29 is 14.0 Å². The van der Waals surface area contributed by atoms with Crippen LogP contribution in [-0.2, 0) is 5.41 Å². The van der Waals surface area contributed by atoms with E-state index in [4.69, 9.17) is 4.42 Å². The van der Waals surface area contributed by atoms with Gasteiger partial charge in [-0.25, -0.2) is 0 Å². The number of carbonyl (C=O) groups is 2. The van der Waals surface area contributed by atoms with Crippen LogP contribution in [0.25, 0.3) is 17.4 Å². The molecule has 3 nitrogen and oxygen atoms in total. The molecule has 0 unspecified atom stereocenters. The molecular formula is C19H16O3. The molecule has 2 aromatic rings. The van der Waals surface area contributed by atoms with Crippen LogP contribution in [0.1, 0.15) is 57.7 Å². The number of hydrogen-bond acceptors (Lipinski definition) is 3. The predicted octanol–water partition coefficient (Wildman–Crippen LogP) is 4.33. The molecule has 4 rings (SSSR count). The summed E-state index contributed by atoms with van der Waals surface area (Å²) in [5, 5.41) is 0. The summed E-state index contributed by atoms with van der Waals surface area (Å²) in [6.07, 6.45) is 6.50. The number of carbonyl (C=O) groups excluding carboxylic acids is 2. The number of aryl methyl sites for hydroxylation is 1. The van der Waals surface area contributed by atoms with Crippen molar-refractivity contribution in [1.29, 1.82) is 0 Å². The molecule has 110 valence electrons. The van der Waals surface area contributed by atoms with E-state index in [0.717, 1.165) is 23.1 Å². The van der Waals surface area contributed by atoms with Gasteiger partial charge < -0.3 is 4.42 Å². The van der Waals surface area contributed by atoms with E-state index in [9.17, 15) is 9.59 Å². The average Bonchev–Trinajstić information content (AvgIpc) is 2.86. The van der Waals surface area contributed by atoms with E-state index in [1.165, 1.54) is 0 Å². The molecule has 1 aromatic heterocycles. The van der Waals surface area contributed by atoms with Crippen molar-refractivity contribution in [3.05, 3.63) is 52.3 Å². The monoisotopic (exact) mass is 292 g/mol. The van der Waals surface area contributed by atoms with Crippen molar-refractivity contribution in [2.24, 2.45) is 0 Å². The molecule has 2 aliphatic rings. The fraction of sp³-hybridized carbons (Fsp3) is 0.263. The Morgan fingerprint density at radius 1 is 1.09 bits per heavy atom. The molecule has 0 radical (unpaired) electrons. The van der Waals surface area contributed by atoms with Crippen molar-refractivity contribution in [2.75, 3.05) is 0 Å². The van der Waals surface area contributed by atoms with Gasteiger partial charge in [0.25, 0.3) is 0 Å². The van der Waals surface area contributed by atoms with Crippen LogP contribution in [0.15, 0.2) is 28.9 Å². The molecule has 1 aromatic carbocycles. The predicted molar refractivity (Wildman–Crippen MR) is 84.2 cm³/mol. The largest absolute Gasteiger partial charge is 0.463 e. The second-order valence-corrected chi connectivity index (χ2v) is 6.72. The maximum Gasteiger partial charge on any atom is 0.237 e. The van der Waals surface area contributed by atoms with Gasteiger partial charge in [-0.2, -0.15) is 0 Å². The Bertz CT molecular complexity index is 878. The molecule has 0 fully saturated rings. The number of Topliss-reactive ketones (excluding diaryl/α,β-unsaturated/α-hetero) is 2. The van der Waals surface area contributed by atoms with Crippen molar-refractivity contribution >= 4 is 17.6 Å². The molecule has 2 aliphatic carbocycles. The molecule has 0 aliphatic heterocycles. The van der Waals surface area contributed by atoms with Gasteiger partial charge >= 0.3 is 0 Å². The van der Waals surface area contributed by atoms with Gasteiger partial charge in [0, 0.05) is 11.1 Å². The first-order chi connectivity index (χ1) is 10.4. The van der Waals surface area contributed by atoms with Gasteiger partial charge in [-0.1, -0.05) is 38.1 Å². The van der Waals surface area contributed by atoms with Crippen LogP contribution in [0.4, 0.5) is 0 Å². The van der Waals surface area contributed by atoms with Crippen LogP contribution >= 0.6 is 0 Å². The highest BCUT2D eigenvalue weighted by molar-refractivity contribution is 6.53. The first-order valence-corrected chi connectivity index (χ1v) is 7.43. The van der Waals surface area contributed by atoms with Gasteiger partial charge in [0.05, 0.1) is 11.8 Å². The smallest absolute Gasteiger partial charge is 0.237 e. The van der Waals surface area contributed by atoms with Gasteiger partial charge in [0.1, 0.15) is 5.76 Å². The lowest BCUT2D eigenvalue weighted by molar-refractivity contribution is 0.0814. The van der Waals surface area contributed by atoms with Crippen molar-refractivity contribution in [3.8, 4) is 11.3 Å². The fourth-order valence-electron chi connectivity index (χ4n) is 3.55. The standard InChI is InChI=1S/C19H16O3/c1-10-9-22-18-12-6-7-13-11(5-4-8-19(13,2)3)15(12)17(21)16(20)14(10)18/h4-7,9H,8H2,1-3H3. The number of benzene rings is 1. The molecule has 0 N–H and O–H groups in total. The number of fused-ring (bicyclic) bond motifs is 5. The second-order valence-electron chi connectivity index (χ2n) is 6.72. The lowest BCUT2D eigenvalue weighted by Gasteiger charge is -2.31. The fourth-order valence-corrected chi connectivity index (χ4v) is 3.55. The first kappa shape index (κ1) is 13.3. The van der Waals surface area contributed by atoms with E-state index < -0.39 is 11.6 Å². The number of hydrogen-bond donors (Lipinski definition) is 0. The van der Waals surface area contributed by atoms with Gasteiger partial charge in [-0.05, 0) is 35.4 Å². The molecule has 0 atom stereocenters. The minimum absolute atomic E-state index is 0.0399. The first-order valence-electron chi connectivity index (χ1n) is 7.43. The van der Waals surface area contributed by atoms with Crippen LogP contribution in [0.5, 0.6) is 0 Å². The van der Waals surface area contributed by atoms with Crippen LogP contribution < -0.4 is 0 Å². The quantitative estimate of drug-likeness (QED) is 0.679. The van der Waals surface area contributed by atoms with E-state index in [2.05, 4.69) is 26.0 Å². The SMILES string of the molecule is Cc1coc2c1C(=O)C(=O)c1c-2ccc2c1C=CCC2(C)C. The lowest BCUT2D eigenvalue weighted by atomic mass is 9.72. The molecule has 1 heterocycles. The number of rotatable bonds is 0. The van der Waals surface area contributed by atoms with E-state index in [-0.39, 0.29) is 5.41 Å². The zero-order chi connectivity index (χ0) is 15.6. The normalized spacial score (nSPS) is 18.0. The zero-order valence-electron chi connectivity index (χ0n) is 12.8. The number of furan rings is 1. The van der Waals surface area contributed by atoms with Gasteiger partial charge in [-0.3, -0.25) is 9.59 Å². The Labute approximate surface area is 128 Å².